The Kier molecular flexibility index (Phi) is 4.67. The highest BCUT2D eigenvalue weighted by molar-refractivity contribution is 6.05. The molecule has 0 bridgehead atoms. The molecule has 0 aliphatic rings. The van der Waals surface area contributed by atoms with E-state index in [0.29, 0.717) is 22.8 Å². The number of nitrogens with zero attached hydrogens (tertiary/aromatic N) is 2. The molecule has 4 aromatic rings. The van der Waals surface area contributed by atoms with Gasteiger partial charge in [0.05, 0.1) is 22.9 Å². The summed E-state index contributed by atoms with van der Waals surface area (Å²) in [5, 5.41) is 13.0. The fourth-order valence-electron chi connectivity index (χ4n) is 2.92. The zero-order valence-corrected chi connectivity index (χ0v) is 14.9. The average Bonchev–Trinajstić information content (AvgIpc) is 3.33. The van der Waals surface area contributed by atoms with Gasteiger partial charge in [-0.15, -0.1) is 0 Å². The third-order valence-electron chi connectivity index (χ3n) is 4.39. The van der Waals surface area contributed by atoms with E-state index >= 15 is 0 Å². The number of para-hydroxylation sites is 2. The summed E-state index contributed by atoms with van der Waals surface area (Å²) in [6, 6.07) is 15.4. The summed E-state index contributed by atoms with van der Waals surface area (Å²) in [6.07, 6.45) is 2.51. The number of likely N-dealkylation sites (N-methyl/N-ethyl adjacent to an activating group) is 1. The smallest absolute Gasteiger partial charge is 0.255 e. The molecule has 27 heavy (non-hydrogen) atoms. The molecule has 0 unspecified atom stereocenters. The monoisotopic (exact) mass is 360 g/mol. The van der Waals surface area contributed by atoms with Gasteiger partial charge in [-0.25, -0.2) is 4.98 Å². The lowest BCUT2D eigenvalue weighted by Crippen LogP contribution is -2.13. The van der Waals surface area contributed by atoms with Crippen LogP contribution in [0.5, 0.6) is 0 Å². The van der Waals surface area contributed by atoms with Crippen LogP contribution in [-0.2, 0) is 6.42 Å². The van der Waals surface area contributed by atoms with E-state index in [9.17, 15) is 4.79 Å². The van der Waals surface area contributed by atoms with E-state index in [1.165, 1.54) is 5.56 Å². The molecular formula is C20H20N6O. The highest BCUT2D eigenvalue weighted by Crippen LogP contribution is 2.25. The van der Waals surface area contributed by atoms with Crippen molar-refractivity contribution in [2.45, 2.75) is 6.42 Å². The Morgan fingerprint density at radius 2 is 1.93 bits per heavy atom. The first-order valence-corrected chi connectivity index (χ1v) is 8.78. The van der Waals surface area contributed by atoms with Crippen molar-refractivity contribution in [2.75, 3.05) is 18.9 Å². The van der Waals surface area contributed by atoms with Crippen molar-refractivity contribution in [2.24, 2.45) is 0 Å². The molecule has 0 fully saturated rings. The van der Waals surface area contributed by atoms with E-state index < -0.39 is 0 Å². The van der Waals surface area contributed by atoms with Gasteiger partial charge in [0.2, 0.25) is 0 Å². The summed E-state index contributed by atoms with van der Waals surface area (Å²) in [7, 11) is 1.92. The molecule has 4 rings (SSSR count). The molecule has 0 radical (unpaired) electrons. The number of aromatic nitrogens is 4. The highest BCUT2D eigenvalue weighted by Gasteiger charge is 2.15. The minimum atomic E-state index is -0.186. The van der Waals surface area contributed by atoms with Gasteiger partial charge in [-0.3, -0.25) is 9.89 Å². The van der Waals surface area contributed by atoms with Crippen molar-refractivity contribution in [3.05, 3.63) is 65.9 Å². The summed E-state index contributed by atoms with van der Waals surface area (Å²) >= 11 is 0. The number of imidazole rings is 1. The number of amides is 1. The molecule has 2 aromatic carbocycles. The minimum Gasteiger partial charge on any atom is -0.337 e. The fourth-order valence-corrected chi connectivity index (χ4v) is 2.92. The Hall–Kier alpha value is -3.45. The third-order valence-corrected chi connectivity index (χ3v) is 4.39. The molecule has 2 heterocycles. The standard InChI is InChI=1S/C20H20N6O/c1-21-11-10-13-6-8-14(9-7-13)20(27)25-17-12-22-26-18(17)19-23-15-4-2-3-5-16(15)24-19/h2-9,12,21H,10-11H2,1H3,(H,22,26)(H,23,24)(H,25,27). The predicted octanol–water partition coefficient (Wildman–Crippen LogP) is 2.97. The number of fused-ring (bicyclic) bond motifs is 1. The Bertz CT molecular complexity index is 1030. The molecule has 0 saturated heterocycles. The number of rotatable bonds is 6. The van der Waals surface area contributed by atoms with Gasteiger partial charge < -0.3 is 15.6 Å². The number of anilines is 1. The third kappa shape index (κ3) is 3.58. The summed E-state index contributed by atoms with van der Waals surface area (Å²) in [4.78, 5) is 20.4. The summed E-state index contributed by atoms with van der Waals surface area (Å²) in [6.45, 7) is 0.904. The lowest BCUT2D eigenvalue weighted by atomic mass is 10.1. The van der Waals surface area contributed by atoms with Crippen molar-refractivity contribution < 1.29 is 4.79 Å². The van der Waals surface area contributed by atoms with Crippen LogP contribution in [0.25, 0.3) is 22.6 Å². The van der Waals surface area contributed by atoms with E-state index in [4.69, 9.17) is 0 Å². The van der Waals surface area contributed by atoms with Crippen LogP contribution in [-0.4, -0.2) is 39.7 Å². The van der Waals surface area contributed by atoms with Crippen molar-refractivity contribution >= 4 is 22.6 Å². The van der Waals surface area contributed by atoms with Gasteiger partial charge in [0.25, 0.3) is 5.91 Å². The van der Waals surface area contributed by atoms with Crippen LogP contribution in [0, 0.1) is 0 Å². The number of nitrogens with one attached hydrogen (secondary N) is 4. The summed E-state index contributed by atoms with van der Waals surface area (Å²) in [5.74, 6) is 0.445. The number of hydrogen-bond donors (Lipinski definition) is 4. The van der Waals surface area contributed by atoms with Gasteiger partial charge in [-0.2, -0.15) is 5.10 Å². The average molecular weight is 360 g/mol. The molecule has 0 saturated carbocycles. The van der Waals surface area contributed by atoms with Crippen LogP contribution in [0.4, 0.5) is 5.69 Å². The van der Waals surface area contributed by atoms with Crippen LogP contribution in [0.15, 0.2) is 54.7 Å². The maximum absolute atomic E-state index is 12.6. The molecule has 7 heteroatoms. The van der Waals surface area contributed by atoms with Crippen LogP contribution >= 0.6 is 0 Å². The van der Waals surface area contributed by atoms with Gasteiger partial charge in [-0.1, -0.05) is 24.3 Å². The van der Waals surface area contributed by atoms with E-state index in [-0.39, 0.29) is 5.91 Å². The lowest BCUT2D eigenvalue weighted by molar-refractivity contribution is 0.102. The zero-order chi connectivity index (χ0) is 18.6. The second kappa shape index (κ2) is 7.43. The molecule has 4 N–H and O–H groups in total. The lowest BCUT2D eigenvalue weighted by Gasteiger charge is -2.06. The highest BCUT2D eigenvalue weighted by atomic mass is 16.1. The van der Waals surface area contributed by atoms with Crippen LogP contribution in [0.2, 0.25) is 0 Å². The van der Waals surface area contributed by atoms with Crippen molar-refractivity contribution in [1.29, 1.82) is 0 Å². The molecule has 136 valence electrons. The summed E-state index contributed by atoms with van der Waals surface area (Å²) < 4.78 is 0. The van der Waals surface area contributed by atoms with Gasteiger partial charge >= 0.3 is 0 Å². The molecule has 7 nitrogen and oxygen atoms in total. The number of carbonyl (C=O) groups is 1. The van der Waals surface area contributed by atoms with Crippen molar-refractivity contribution in [3.63, 3.8) is 0 Å². The fraction of sp³-hybridized carbons (Fsp3) is 0.150. The maximum Gasteiger partial charge on any atom is 0.255 e. The summed E-state index contributed by atoms with van der Waals surface area (Å²) in [5.41, 5.74) is 4.80. The van der Waals surface area contributed by atoms with E-state index in [0.717, 1.165) is 24.0 Å². The van der Waals surface area contributed by atoms with Gasteiger partial charge in [0.1, 0.15) is 5.69 Å². The maximum atomic E-state index is 12.6. The Morgan fingerprint density at radius 3 is 2.70 bits per heavy atom. The number of carbonyl (C=O) groups excluding carboxylic acids is 1. The van der Waals surface area contributed by atoms with Crippen molar-refractivity contribution in [3.8, 4) is 11.5 Å². The SMILES string of the molecule is CNCCc1ccc(C(=O)Nc2cn[nH]c2-c2nc3ccccc3[nH]2)cc1. The molecule has 0 spiro atoms. The van der Waals surface area contributed by atoms with E-state index in [1.807, 2.05) is 55.6 Å². The second-order valence-corrected chi connectivity index (χ2v) is 6.27. The van der Waals surface area contributed by atoms with Gasteiger partial charge in [-0.05, 0) is 49.8 Å². The molecule has 1 amide bonds. The number of hydrogen-bond acceptors (Lipinski definition) is 4. The Labute approximate surface area is 156 Å². The Morgan fingerprint density at radius 1 is 1.11 bits per heavy atom. The van der Waals surface area contributed by atoms with E-state index in [1.54, 1.807) is 6.20 Å². The largest absolute Gasteiger partial charge is 0.337 e. The van der Waals surface area contributed by atoms with Crippen LogP contribution in [0.1, 0.15) is 15.9 Å². The van der Waals surface area contributed by atoms with Gasteiger partial charge in [0.15, 0.2) is 5.82 Å². The number of H-pyrrole nitrogens is 2. The molecular weight excluding hydrogens is 340 g/mol. The first-order valence-electron chi connectivity index (χ1n) is 8.78. The predicted molar refractivity (Wildman–Crippen MR) is 106 cm³/mol. The first-order chi connectivity index (χ1) is 13.2. The first kappa shape index (κ1) is 17.0. The minimum absolute atomic E-state index is 0.186. The normalized spacial score (nSPS) is 11.0. The molecule has 0 atom stereocenters. The number of aromatic amines is 2. The topological polar surface area (TPSA) is 98.5 Å². The van der Waals surface area contributed by atoms with Crippen molar-refractivity contribution in [1.82, 2.24) is 25.5 Å². The molecule has 2 aromatic heterocycles. The Balaban J connectivity index is 1.53. The van der Waals surface area contributed by atoms with E-state index in [2.05, 4.69) is 30.8 Å². The molecule has 0 aliphatic heterocycles. The zero-order valence-electron chi connectivity index (χ0n) is 14.9. The number of benzene rings is 2. The van der Waals surface area contributed by atoms with Crippen LogP contribution < -0.4 is 10.6 Å². The quantitative estimate of drug-likeness (QED) is 0.425. The molecule has 0 aliphatic carbocycles. The second-order valence-electron chi connectivity index (χ2n) is 6.27. The van der Waals surface area contributed by atoms with Crippen LogP contribution in [0.3, 0.4) is 0 Å². The van der Waals surface area contributed by atoms with Gasteiger partial charge in [0, 0.05) is 5.56 Å².